The van der Waals surface area contributed by atoms with Crippen LogP contribution in [0.4, 0.5) is 11.4 Å². The summed E-state index contributed by atoms with van der Waals surface area (Å²) >= 11 is 0. The molecular formula is C50H24N2O14. The molecule has 7 aromatic carbocycles. The third-order valence-corrected chi connectivity index (χ3v) is 10.8. The number of benzene rings is 7. The van der Waals surface area contributed by atoms with Crippen LogP contribution in [0.25, 0.3) is 0 Å². The highest BCUT2D eigenvalue weighted by atomic mass is 16.6. The summed E-state index contributed by atoms with van der Waals surface area (Å²) < 4.78 is 33.3. The van der Waals surface area contributed by atoms with Crippen LogP contribution in [-0.2, 0) is 9.47 Å². The molecule has 0 atom stereocenters. The molecule has 66 heavy (non-hydrogen) atoms. The summed E-state index contributed by atoms with van der Waals surface area (Å²) in [6, 6.07) is 36.7. The van der Waals surface area contributed by atoms with Crippen molar-refractivity contribution < 1.29 is 66.8 Å². The Morgan fingerprint density at radius 3 is 0.955 bits per heavy atom. The van der Waals surface area contributed by atoms with Gasteiger partial charge in [0.05, 0.1) is 55.9 Å². The highest BCUT2D eigenvalue weighted by molar-refractivity contribution is 6.35. The molecule has 4 amide bonds. The molecule has 4 aliphatic rings. The maximum Gasteiger partial charge on any atom is 0.347 e. The lowest BCUT2D eigenvalue weighted by molar-refractivity contribution is 0.0425. The van der Waals surface area contributed by atoms with Crippen molar-refractivity contribution in [2.24, 2.45) is 0 Å². The Morgan fingerprint density at radius 1 is 0.273 bits per heavy atom. The van der Waals surface area contributed by atoms with Crippen LogP contribution >= 0.6 is 0 Å². The highest BCUT2D eigenvalue weighted by Gasteiger charge is 2.39. The highest BCUT2D eigenvalue weighted by Crippen LogP contribution is 2.38. The minimum absolute atomic E-state index is 0.0651. The normalized spacial score (nSPS) is 14.5. The van der Waals surface area contributed by atoms with Gasteiger partial charge >= 0.3 is 23.9 Å². The second kappa shape index (κ2) is 15.0. The van der Waals surface area contributed by atoms with E-state index in [4.69, 9.17) is 18.9 Å². The topological polar surface area (TPSA) is 198 Å². The molecule has 11 rings (SSSR count). The van der Waals surface area contributed by atoms with E-state index in [1.807, 2.05) is 0 Å². The Labute approximate surface area is 370 Å². The van der Waals surface area contributed by atoms with Crippen LogP contribution in [0.3, 0.4) is 0 Å². The molecule has 0 saturated carbocycles. The summed E-state index contributed by atoms with van der Waals surface area (Å²) in [5.41, 5.74) is 1.37. The van der Waals surface area contributed by atoms with Crippen LogP contribution in [0.1, 0.15) is 82.9 Å². The van der Waals surface area contributed by atoms with Gasteiger partial charge in [0.25, 0.3) is 23.6 Å². The SMILES string of the molecule is O=C1OC(=O)c2cc(Oc3cccc(N4C(=O)c5ccc(Oc6cccc(Oc7ccc8c(c7)C(=O)N(c7cccc(Oc9ccc%10c(c9)C(=O)OC%10=O)c7)C8=O)c6)cc5C4=O)c3)ccc21. The third kappa shape index (κ3) is 6.65. The van der Waals surface area contributed by atoms with Gasteiger partial charge in [-0.2, -0.15) is 0 Å². The zero-order valence-corrected chi connectivity index (χ0v) is 33.5. The van der Waals surface area contributed by atoms with Crippen LogP contribution in [-0.4, -0.2) is 47.5 Å². The number of esters is 4. The molecule has 7 aromatic rings. The van der Waals surface area contributed by atoms with E-state index in [0.29, 0.717) is 11.5 Å². The van der Waals surface area contributed by atoms with Crippen LogP contribution in [0.5, 0.6) is 46.0 Å². The van der Waals surface area contributed by atoms with Gasteiger partial charge in [-0.3, -0.25) is 19.2 Å². The molecule has 16 heteroatoms. The number of amides is 4. The van der Waals surface area contributed by atoms with Crippen molar-refractivity contribution in [2.75, 3.05) is 9.80 Å². The van der Waals surface area contributed by atoms with Crippen LogP contribution in [0.15, 0.2) is 146 Å². The van der Waals surface area contributed by atoms with E-state index in [1.54, 1.807) is 72.8 Å². The summed E-state index contributed by atoms with van der Waals surface area (Å²) in [5.74, 6) is -3.22. The van der Waals surface area contributed by atoms with Gasteiger partial charge in [-0.15, -0.1) is 0 Å². The molecule has 0 spiro atoms. The van der Waals surface area contributed by atoms with Gasteiger partial charge in [-0.25, -0.2) is 29.0 Å². The smallest absolute Gasteiger partial charge is 0.347 e. The summed E-state index contributed by atoms with van der Waals surface area (Å²) in [7, 11) is 0. The second-order valence-electron chi connectivity index (χ2n) is 15.0. The first-order valence-electron chi connectivity index (χ1n) is 19.8. The number of anilines is 2. The number of carbonyl (C=O) groups is 8. The molecule has 0 aromatic heterocycles. The minimum atomic E-state index is -0.784. The lowest BCUT2D eigenvalue weighted by Crippen LogP contribution is -2.29. The molecule has 0 bridgehead atoms. The first-order chi connectivity index (χ1) is 31.9. The molecule has 318 valence electrons. The van der Waals surface area contributed by atoms with Crippen LogP contribution < -0.4 is 28.7 Å². The number of nitrogens with zero attached hydrogens (tertiary/aromatic N) is 2. The van der Waals surface area contributed by atoms with Crippen molar-refractivity contribution in [3.05, 3.63) is 190 Å². The zero-order chi connectivity index (χ0) is 45.4. The minimum Gasteiger partial charge on any atom is -0.457 e. The number of rotatable bonds is 10. The monoisotopic (exact) mass is 876 g/mol. The summed E-state index contributed by atoms with van der Waals surface area (Å²) in [4.78, 5) is 104. The van der Waals surface area contributed by atoms with E-state index < -0.39 is 47.5 Å². The number of cyclic esters (lactones) is 4. The third-order valence-electron chi connectivity index (χ3n) is 10.8. The maximum absolute atomic E-state index is 13.7. The average Bonchev–Trinajstić information content (AvgIpc) is 3.94. The predicted molar refractivity (Wildman–Crippen MR) is 227 cm³/mol. The summed E-state index contributed by atoms with van der Waals surface area (Å²) in [5, 5.41) is 0. The van der Waals surface area contributed by atoms with Crippen LogP contribution in [0, 0.1) is 0 Å². The van der Waals surface area contributed by atoms with E-state index in [-0.39, 0.29) is 90.4 Å². The molecule has 0 unspecified atom stereocenters. The number of carbonyl (C=O) groups excluding carboxylic acids is 8. The number of hydrogen-bond donors (Lipinski definition) is 0. The molecule has 0 saturated heterocycles. The molecule has 4 heterocycles. The lowest BCUT2D eigenvalue weighted by Gasteiger charge is -2.15. The predicted octanol–water partition coefficient (Wildman–Crippen LogP) is 9.08. The molecule has 0 N–H and O–H groups in total. The lowest BCUT2D eigenvalue weighted by atomic mass is 10.1. The van der Waals surface area contributed by atoms with Crippen molar-refractivity contribution >= 4 is 58.9 Å². The number of hydrogen-bond acceptors (Lipinski definition) is 14. The molecule has 4 aliphatic heterocycles. The van der Waals surface area contributed by atoms with Crippen LogP contribution in [0.2, 0.25) is 0 Å². The average molecular weight is 877 g/mol. The molecule has 0 fully saturated rings. The first-order valence-corrected chi connectivity index (χ1v) is 19.8. The van der Waals surface area contributed by atoms with Gasteiger partial charge in [0.2, 0.25) is 0 Å². The molecule has 16 nitrogen and oxygen atoms in total. The zero-order valence-electron chi connectivity index (χ0n) is 33.5. The number of fused-ring (bicyclic) bond motifs is 4. The van der Waals surface area contributed by atoms with Gasteiger partial charge in [0.15, 0.2) is 0 Å². The van der Waals surface area contributed by atoms with E-state index in [1.165, 1.54) is 72.8 Å². The van der Waals surface area contributed by atoms with E-state index in [2.05, 4.69) is 9.47 Å². The summed E-state index contributed by atoms with van der Waals surface area (Å²) in [6.45, 7) is 0. The molecular weight excluding hydrogens is 853 g/mol. The van der Waals surface area contributed by atoms with E-state index in [9.17, 15) is 38.4 Å². The fraction of sp³-hybridized carbons (Fsp3) is 0. The maximum atomic E-state index is 13.7. The Kier molecular flexibility index (Phi) is 8.89. The number of imide groups is 2. The molecule has 0 aliphatic carbocycles. The fourth-order valence-electron chi connectivity index (χ4n) is 7.81. The van der Waals surface area contributed by atoms with Crippen molar-refractivity contribution in [3.8, 4) is 46.0 Å². The van der Waals surface area contributed by atoms with Gasteiger partial charge in [0, 0.05) is 18.2 Å². The number of ether oxygens (including phenoxy) is 6. The van der Waals surface area contributed by atoms with Gasteiger partial charge in [-0.1, -0.05) is 18.2 Å². The van der Waals surface area contributed by atoms with Gasteiger partial charge in [0.1, 0.15) is 46.0 Å². The quantitative estimate of drug-likeness (QED) is 0.0716. The van der Waals surface area contributed by atoms with Crippen molar-refractivity contribution in [1.82, 2.24) is 0 Å². The van der Waals surface area contributed by atoms with Crippen molar-refractivity contribution in [2.45, 2.75) is 0 Å². The van der Waals surface area contributed by atoms with Gasteiger partial charge in [-0.05, 0) is 109 Å². The Bertz CT molecular complexity index is 3190. The Balaban J connectivity index is 0.762. The van der Waals surface area contributed by atoms with Crippen molar-refractivity contribution in [1.29, 1.82) is 0 Å². The standard InChI is InChI=1S/C50H24N2O14/c53-43-35-14-10-31(21-39(35)45(55)51(43)25-4-1-6-27(18-25)61-33-12-16-37-41(23-33)49(59)65-47(37)57)63-29-8-3-9-30(20-29)64-32-11-15-36-40(22-32)46(56)52(44(36)54)26-5-2-7-28(19-26)62-34-13-17-38-42(24-34)50(60)66-48(38)58/h1-24H. The Hall–Kier alpha value is -9.70. The fourth-order valence-corrected chi connectivity index (χ4v) is 7.81. The van der Waals surface area contributed by atoms with E-state index >= 15 is 0 Å². The Morgan fingerprint density at radius 2 is 0.561 bits per heavy atom. The summed E-state index contributed by atoms with van der Waals surface area (Å²) in [6.07, 6.45) is 0. The molecule has 0 radical (unpaired) electrons. The van der Waals surface area contributed by atoms with E-state index in [0.717, 1.165) is 9.80 Å². The van der Waals surface area contributed by atoms with Crippen molar-refractivity contribution in [3.63, 3.8) is 0 Å². The largest absolute Gasteiger partial charge is 0.457 e. The second-order valence-corrected chi connectivity index (χ2v) is 15.0. The first kappa shape index (κ1) is 39.2. The van der Waals surface area contributed by atoms with Gasteiger partial charge < -0.3 is 28.4 Å².